The van der Waals surface area contributed by atoms with E-state index in [0.717, 1.165) is 49.4 Å². The first-order valence-corrected chi connectivity index (χ1v) is 8.23. The first-order chi connectivity index (χ1) is 10.3. The normalized spacial score (nSPS) is 11.0. The van der Waals surface area contributed by atoms with Gasteiger partial charge in [-0.05, 0) is 32.8 Å². The van der Waals surface area contributed by atoms with Crippen LogP contribution in [0, 0.1) is 0 Å². The number of halogens is 1. The zero-order chi connectivity index (χ0) is 14.9. The van der Waals surface area contributed by atoms with Gasteiger partial charge in [-0.1, -0.05) is 30.3 Å². The molecule has 3 nitrogen and oxygen atoms in total. The second kappa shape index (κ2) is 9.03. The van der Waals surface area contributed by atoms with Crippen molar-refractivity contribution in [2.75, 3.05) is 33.4 Å². The molecule has 0 amide bonds. The van der Waals surface area contributed by atoms with Crippen molar-refractivity contribution in [3.8, 4) is 5.75 Å². The van der Waals surface area contributed by atoms with Crippen LogP contribution in [0.4, 0.5) is 0 Å². The smallest absolute Gasteiger partial charge is 0.134 e. The summed E-state index contributed by atoms with van der Waals surface area (Å²) in [5.41, 5.74) is 0. The summed E-state index contributed by atoms with van der Waals surface area (Å²) < 4.78 is 12.0. The van der Waals surface area contributed by atoms with E-state index >= 15 is 0 Å². The van der Waals surface area contributed by atoms with Gasteiger partial charge < -0.3 is 14.8 Å². The van der Waals surface area contributed by atoms with E-state index in [1.54, 1.807) is 7.11 Å². The summed E-state index contributed by atoms with van der Waals surface area (Å²) in [6.07, 6.45) is 2.15. The SMILES string of the molecule is COCCC[NH2+]CCCOc1ccc2ccccc2c1Br. The third-order valence-corrected chi connectivity index (χ3v) is 4.21. The predicted molar refractivity (Wildman–Crippen MR) is 89.9 cm³/mol. The molecule has 0 saturated carbocycles. The molecule has 4 heteroatoms. The van der Waals surface area contributed by atoms with Crippen LogP contribution in [0.3, 0.4) is 0 Å². The van der Waals surface area contributed by atoms with Crippen molar-refractivity contribution in [2.24, 2.45) is 0 Å². The Kier molecular flexibility index (Phi) is 7.00. The van der Waals surface area contributed by atoms with Crippen molar-refractivity contribution in [1.29, 1.82) is 0 Å². The van der Waals surface area contributed by atoms with Gasteiger partial charge in [-0.3, -0.25) is 0 Å². The van der Waals surface area contributed by atoms with Gasteiger partial charge in [0.05, 0.1) is 30.8 Å². The van der Waals surface area contributed by atoms with Gasteiger partial charge in [0.15, 0.2) is 0 Å². The van der Waals surface area contributed by atoms with Crippen LogP contribution in [0.2, 0.25) is 0 Å². The lowest BCUT2D eigenvalue weighted by Gasteiger charge is -2.10. The molecular formula is C17H23BrNO2+. The second-order valence-corrected chi connectivity index (χ2v) is 5.81. The van der Waals surface area contributed by atoms with Crippen molar-refractivity contribution in [3.05, 3.63) is 40.9 Å². The van der Waals surface area contributed by atoms with Crippen LogP contribution in [-0.4, -0.2) is 33.4 Å². The lowest BCUT2D eigenvalue weighted by atomic mass is 10.1. The van der Waals surface area contributed by atoms with Crippen LogP contribution in [0.5, 0.6) is 5.75 Å². The maximum Gasteiger partial charge on any atom is 0.134 e. The van der Waals surface area contributed by atoms with Gasteiger partial charge in [-0.2, -0.15) is 0 Å². The molecule has 0 fully saturated rings. The minimum absolute atomic E-state index is 0.748. The van der Waals surface area contributed by atoms with E-state index in [1.165, 1.54) is 10.8 Å². The van der Waals surface area contributed by atoms with Crippen LogP contribution in [-0.2, 0) is 4.74 Å². The summed E-state index contributed by atoms with van der Waals surface area (Å²) in [6, 6.07) is 12.5. The van der Waals surface area contributed by atoms with Crippen molar-refractivity contribution in [3.63, 3.8) is 0 Å². The summed E-state index contributed by atoms with van der Waals surface area (Å²) in [5.74, 6) is 0.924. The maximum absolute atomic E-state index is 5.88. The first-order valence-electron chi connectivity index (χ1n) is 7.43. The van der Waals surface area contributed by atoms with Gasteiger partial charge in [0.2, 0.25) is 0 Å². The summed E-state index contributed by atoms with van der Waals surface area (Å²) in [7, 11) is 1.75. The summed E-state index contributed by atoms with van der Waals surface area (Å²) in [5, 5.41) is 4.74. The molecule has 0 unspecified atom stereocenters. The number of methoxy groups -OCH3 is 1. The molecule has 21 heavy (non-hydrogen) atoms. The lowest BCUT2D eigenvalue weighted by Crippen LogP contribution is -2.84. The summed E-state index contributed by atoms with van der Waals surface area (Å²) in [4.78, 5) is 0. The Bertz CT molecular complexity index is 559. The molecule has 0 aromatic heterocycles. The Morgan fingerprint density at radius 2 is 1.76 bits per heavy atom. The average molecular weight is 353 g/mol. The fourth-order valence-electron chi connectivity index (χ4n) is 2.25. The molecule has 2 N–H and O–H groups in total. The predicted octanol–water partition coefficient (Wildman–Crippen LogP) is 2.97. The molecule has 2 aromatic rings. The molecule has 0 spiro atoms. The fourth-order valence-corrected chi connectivity index (χ4v) is 2.86. The number of hydrogen-bond donors (Lipinski definition) is 1. The van der Waals surface area contributed by atoms with E-state index in [0.29, 0.717) is 0 Å². The van der Waals surface area contributed by atoms with Crippen molar-refractivity contribution in [1.82, 2.24) is 0 Å². The Morgan fingerprint density at radius 3 is 2.57 bits per heavy atom. The van der Waals surface area contributed by atoms with Crippen molar-refractivity contribution >= 4 is 26.7 Å². The third kappa shape index (κ3) is 4.99. The van der Waals surface area contributed by atoms with E-state index < -0.39 is 0 Å². The van der Waals surface area contributed by atoms with Crippen LogP contribution >= 0.6 is 15.9 Å². The molecule has 0 bridgehead atoms. The van der Waals surface area contributed by atoms with E-state index in [2.05, 4.69) is 45.5 Å². The van der Waals surface area contributed by atoms with Gasteiger partial charge in [0.25, 0.3) is 0 Å². The Labute approximate surface area is 134 Å². The van der Waals surface area contributed by atoms with Crippen LogP contribution < -0.4 is 10.1 Å². The van der Waals surface area contributed by atoms with Crippen LogP contribution in [0.15, 0.2) is 40.9 Å². The fraction of sp³-hybridized carbons (Fsp3) is 0.412. The Hall–Kier alpha value is -1.10. The highest BCUT2D eigenvalue weighted by Gasteiger charge is 2.05. The van der Waals surface area contributed by atoms with Gasteiger partial charge >= 0.3 is 0 Å². The van der Waals surface area contributed by atoms with Crippen molar-refractivity contribution < 1.29 is 14.8 Å². The van der Waals surface area contributed by atoms with Gasteiger partial charge in [0.1, 0.15) is 5.75 Å². The molecule has 0 aliphatic carbocycles. The van der Waals surface area contributed by atoms with E-state index in [4.69, 9.17) is 9.47 Å². The van der Waals surface area contributed by atoms with E-state index in [1.807, 2.05) is 12.1 Å². The zero-order valence-corrected chi connectivity index (χ0v) is 14.1. The first kappa shape index (κ1) is 16.3. The van der Waals surface area contributed by atoms with E-state index in [9.17, 15) is 0 Å². The van der Waals surface area contributed by atoms with E-state index in [-0.39, 0.29) is 0 Å². The van der Waals surface area contributed by atoms with Crippen LogP contribution in [0.25, 0.3) is 10.8 Å². The molecule has 0 saturated heterocycles. The molecule has 114 valence electrons. The Balaban J connectivity index is 1.75. The van der Waals surface area contributed by atoms with Crippen molar-refractivity contribution in [2.45, 2.75) is 12.8 Å². The molecular weight excluding hydrogens is 330 g/mol. The number of nitrogens with two attached hydrogens (primary N) is 1. The number of ether oxygens (including phenoxy) is 2. The van der Waals surface area contributed by atoms with Gasteiger partial charge in [-0.25, -0.2) is 0 Å². The third-order valence-electron chi connectivity index (χ3n) is 3.39. The maximum atomic E-state index is 5.88. The number of quaternary nitrogens is 1. The number of hydrogen-bond acceptors (Lipinski definition) is 2. The highest BCUT2D eigenvalue weighted by molar-refractivity contribution is 9.10. The van der Waals surface area contributed by atoms with Gasteiger partial charge in [0, 0.05) is 20.0 Å². The van der Waals surface area contributed by atoms with Crippen LogP contribution in [0.1, 0.15) is 12.8 Å². The highest BCUT2D eigenvalue weighted by atomic mass is 79.9. The topological polar surface area (TPSA) is 35.1 Å². The summed E-state index contributed by atoms with van der Waals surface area (Å²) >= 11 is 3.65. The minimum Gasteiger partial charge on any atom is -0.492 e. The van der Waals surface area contributed by atoms with Gasteiger partial charge in [-0.15, -0.1) is 0 Å². The zero-order valence-electron chi connectivity index (χ0n) is 12.5. The standard InChI is InChI=1S/C17H22BrNO2/c1-20-12-4-10-19-11-5-13-21-16-9-8-14-6-2-3-7-15(14)17(16)18/h2-3,6-9,19H,4-5,10-13H2,1H3/p+1. The summed E-state index contributed by atoms with van der Waals surface area (Å²) in [6.45, 7) is 3.80. The highest BCUT2D eigenvalue weighted by Crippen LogP contribution is 2.32. The number of benzene rings is 2. The monoisotopic (exact) mass is 352 g/mol. The number of fused-ring (bicyclic) bond motifs is 1. The molecule has 0 atom stereocenters. The second-order valence-electron chi connectivity index (χ2n) is 5.01. The molecule has 0 heterocycles. The molecule has 0 aliphatic rings. The average Bonchev–Trinajstić information content (AvgIpc) is 2.52. The molecule has 2 aromatic carbocycles. The largest absolute Gasteiger partial charge is 0.492 e. The molecule has 0 radical (unpaired) electrons. The molecule has 2 rings (SSSR count). The Morgan fingerprint density at radius 1 is 1.00 bits per heavy atom. The lowest BCUT2D eigenvalue weighted by molar-refractivity contribution is -0.655. The number of rotatable bonds is 9. The minimum atomic E-state index is 0.748. The molecule has 0 aliphatic heterocycles. The quantitative estimate of drug-likeness (QED) is 0.704.